The number of hydrogen-bond donors (Lipinski definition) is 1. The number of halogens is 1. The standard InChI is InChI=1S/C15H22FN/c1-4-17-14(10-9-12(2)3)11-13-7-5-6-8-15(13)16/h5-8,14,17H,2,4,9-11H2,1,3H3. The summed E-state index contributed by atoms with van der Waals surface area (Å²) >= 11 is 0. The molecule has 0 fully saturated rings. The molecule has 1 N–H and O–H groups in total. The molecule has 0 radical (unpaired) electrons. The van der Waals surface area contributed by atoms with Gasteiger partial charge in [-0.3, -0.25) is 0 Å². The maximum absolute atomic E-state index is 13.5. The molecule has 0 heterocycles. The minimum atomic E-state index is -0.106. The predicted molar refractivity (Wildman–Crippen MR) is 71.6 cm³/mol. The van der Waals surface area contributed by atoms with Gasteiger partial charge in [-0.05, 0) is 44.4 Å². The highest BCUT2D eigenvalue weighted by Gasteiger charge is 2.10. The Balaban J connectivity index is 2.59. The Morgan fingerprint density at radius 2 is 2.12 bits per heavy atom. The second kappa shape index (κ2) is 7.23. The molecular formula is C15H22FN. The summed E-state index contributed by atoms with van der Waals surface area (Å²) < 4.78 is 13.5. The van der Waals surface area contributed by atoms with E-state index in [4.69, 9.17) is 0 Å². The topological polar surface area (TPSA) is 12.0 Å². The molecule has 2 heteroatoms. The molecule has 1 aromatic carbocycles. The normalized spacial score (nSPS) is 12.4. The van der Waals surface area contributed by atoms with Crippen molar-refractivity contribution in [3.8, 4) is 0 Å². The van der Waals surface area contributed by atoms with E-state index in [9.17, 15) is 4.39 Å². The van der Waals surface area contributed by atoms with Crippen molar-refractivity contribution in [2.45, 2.75) is 39.2 Å². The van der Waals surface area contributed by atoms with Crippen LogP contribution in [0.15, 0.2) is 36.4 Å². The van der Waals surface area contributed by atoms with Crippen molar-refractivity contribution in [2.24, 2.45) is 0 Å². The molecule has 0 saturated carbocycles. The minimum Gasteiger partial charge on any atom is -0.314 e. The van der Waals surface area contributed by atoms with Crippen molar-refractivity contribution in [1.29, 1.82) is 0 Å². The third-order valence-electron chi connectivity index (χ3n) is 2.84. The van der Waals surface area contributed by atoms with Crippen LogP contribution in [-0.4, -0.2) is 12.6 Å². The molecule has 0 saturated heterocycles. The molecule has 0 bridgehead atoms. The molecule has 1 atom stereocenters. The van der Waals surface area contributed by atoms with Crippen molar-refractivity contribution in [2.75, 3.05) is 6.54 Å². The van der Waals surface area contributed by atoms with Crippen molar-refractivity contribution >= 4 is 0 Å². The van der Waals surface area contributed by atoms with Crippen molar-refractivity contribution in [3.63, 3.8) is 0 Å². The van der Waals surface area contributed by atoms with Gasteiger partial charge in [0.1, 0.15) is 5.82 Å². The van der Waals surface area contributed by atoms with Crippen molar-refractivity contribution < 1.29 is 4.39 Å². The van der Waals surface area contributed by atoms with Crippen LogP contribution in [0.2, 0.25) is 0 Å². The maximum atomic E-state index is 13.5. The van der Waals surface area contributed by atoms with Gasteiger partial charge in [-0.25, -0.2) is 4.39 Å². The molecule has 0 aromatic heterocycles. The average molecular weight is 235 g/mol. The summed E-state index contributed by atoms with van der Waals surface area (Å²) in [6.45, 7) is 8.93. The fourth-order valence-electron chi connectivity index (χ4n) is 1.91. The van der Waals surface area contributed by atoms with Gasteiger partial charge in [0.2, 0.25) is 0 Å². The number of hydrogen-bond acceptors (Lipinski definition) is 1. The lowest BCUT2D eigenvalue weighted by molar-refractivity contribution is 0.479. The monoisotopic (exact) mass is 235 g/mol. The Kier molecular flexibility index (Phi) is 5.92. The fourth-order valence-corrected chi connectivity index (χ4v) is 1.91. The summed E-state index contributed by atoms with van der Waals surface area (Å²) in [6, 6.07) is 7.33. The molecule has 0 aliphatic heterocycles. The second-order valence-corrected chi connectivity index (χ2v) is 4.55. The van der Waals surface area contributed by atoms with Crippen LogP contribution in [0.25, 0.3) is 0 Å². The Morgan fingerprint density at radius 1 is 1.41 bits per heavy atom. The lowest BCUT2D eigenvalue weighted by atomic mass is 9.99. The highest BCUT2D eigenvalue weighted by Crippen LogP contribution is 2.13. The number of benzene rings is 1. The van der Waals surface area contributed by atoms with Crippen LogP contribution in [0.1, 0.15) is 32.3 Å². The molecule has 1 rings (SSSR count). The first-order valence-electron chi connectivity index (χ1n) is 6.24. The van der Waals surface area contributed by atoms with Gasteiger partial charge in [0, 0.05) is 6.04 Å². The van der Waals surface area contributed by atoms with E-state index < -0.39 is 0 Å². The zero-order chi connectivity index (χ0) is 12.7. The lowest BCUT2D eigenvalue weighted by Crippen LogP contribution is -2.31. The van der Waals surface area contributed by atoms with Crippen LogP contribution in [0.3, 0.4) is 0 Å². The lowest BCUT2D eigenvalue weighted by Gasteiger charge is -2.18. The van der Waals surface area contributed by atoms with Gasteiger partial charge in [0.25, 0.3) is 0 Å². The summed E-state index contributed by atoms with van der Waals surface area (Å²) in [4.78, 5) is 0. The summed E-state index contributed by atoms with van der Waals surface area (Å²) in [5, 5.41) is 3.41. The molecule has 0 amide bonds. The molecule has 0 aliphatic carbocycles. The van der Waals surface area contributed by atoms with Crippen LogP contribution in [-0.2, 0) is 6.42 Å². The van der Waals surface area contributed by atoms with Gasteiger partial charge in [-0.1, -0.05) is 30.7 Å². The smallest absolute Gasteiger partial charge is 0.126 e. The van der Waals surface area contributed by atoms with Gasteiger partial charge >= 0.3 is 0 Å². The Labute approximate surface area is 104 Å². The van der Waals surface area contributed by atoms with Crippen LogP contribution < -0.4 is 5.32 Å². The third-order valence-corrected chi connectivity index (χ3v) is 2.84. The molecule has 1 aromatic rings. The quantitative estimate of drug-likeness (QED) is 0.710. The zero-order valence-electron chi connectivity index (χ0n) is 10.8. The molecule has 1 unspecified atom stereocenters. The van der Waals surface area contributed by atoms with Crippen LogP contribution in [0.4, 0.5) is 4.39 Å². The van der Waals surface area contributed by atoms with E-state index in [2.05, 4.69) is 18.8 Å². The van der Waals surface area contributed by atoms with Gasteiger partial charge in [0.15, 0.2) is 0 Å². The molecule has 17 heavy (non-hydrogen) atoms. The Morgan fingerprint density at radius 3 is 2.71 bits per heavy atom. The van der Waals surface area contributed by atoms with E-state index in [1.807, 2.05) is 19.1 Å². The SMILES string of the molecule is C=C(C)CCC(Cc1ccccc1F)NCC. The van der Waals surface area contributed by atoms with Gasteiger partial charge in [0.05, 0.1) is 0 Å². The average Bonchev–Trinajstić information content (AvgIpc) is 2.29. The fraction of sp³-hybridized carbons (Fsp3) is 0.467. The molecule has 94 valence electrons. The van der Waals surface area contributed by atoms with Crippen molar-refractivity contribution in [1.82, 2.24) is 5.32 Å². The summed E-state index contributed by atoms with van der Waals surface area (Å²) in [6.07, 6.45) is 2.75. The van der Waals surface area contributed by atoms with Gasteiger partial charge < -0.3 is 5.32 Å². The Hall–Kier alpha value is -1.15. The molecule has 1 nitrogen and oxygen atoms in total. The minimum absolute atomic E-state index is 0.106. The summed E-state index contributed by atoms with van der Waals surface area (Å²) in [5.74, 6) is -0.106. The summed E-state index contributed by atoms with van der Waals surface area (Å²) in [7, 11) is 0. The molecule has 0 aliphatic rings. The van der Waals surface area contributed by atoms with Gasteiger partial charge in [-0.15, -0.1) is 6.58 Å². The third kappa shape index (κ3) is 5.14. The first kappa shape index (κ1) is 13.9. The van der Waals surface area contributed by atoms with E-state index in [0.717, 1.165) is 31.4 Å². The molecule has 0 spiro atoms. The van der Waals surface area contributed by atoms with Crippen LogP contribution in [0.5, 0.6) is 0 Å². The maximum Gasteiger partial charge on any atom is 0.126 e. The first-order valence-corrected chi connectivity index (χ1v) is 6.24. The predicted octanol–water partition coefficient (Wildman–Crippen LogP) is 3.70. The zero-order valence-corrected chi connectivity index (χ0v) is 10.8. The van der Waals surface area contributed by atoms with Crippen molar-refractivity contribution in [3.05, 3.63) is 47.8 Å². The van der Waals surface area contributed by atoms with Crippen LogP contribution >= 0.6 is 0 Å². The van der Waals surface area contributed by atoms with E-state index in [1.165, 1.54) is 11.6 Å². The van der Waals surface area contributed by atoms with Crippen LogP contribution in [0, 0.1) is 5.82 Å². The van der Waals surface area contributed by atoms with E-state index in [0.29, 0.717) is 6.04 Å². The van der Waals surface area contributed by atoms with E-state index in [-0.39, 0.29) is 5.82 Å². The molecular weight excluding hydrogens is 213 g/mol. The first-order chi connectivity index (χ1) is 8.13. The van der Waals surface area contributed by atoms with E-state index in [1.54, 1.807) is 6.07 Å². The highest BCUT2D eigenvalue weighted by atomic mass is 19.1. The number of nitrogens with one attached hydrogen (secondary N) is 1. The second-order valence-electron chi connectivity index (χ2n) is 4.55. The number of rotatable bonds is 7. The number of allylic oxidation sites excluding steroid dienone is 1. The Bertz CT molecular complexity index is 360. The largest absolute Gasteiger partial charge is 0.314 e. The number of likely N-dealkylation sites (N-methyl/N-ethyl adjacent to an activating group) is 1. The van der Waals surface area contributed by atoms with E-state index >= 15 is 0 Å². The highest BCUT2D eigenvalue weighted by molar-refractivity contribution is 5.18. The van der Waals surface area contributed by atoms with Gasteiger partial charge in [-0.2, -0.15) is 0 Å². The summed E-state index contributed by atoms with van der Waals surface area (Å²) in [5.41, 5.74) is 1.97.